The molecule has 3 aromatic carbocycles. The largest absolute Gasteiger partial charge is 0.543 e. The summed E-state index contributed by atoms with van der Waals surface area (Å²) in [7, 11) is -2.08. The Labute approximate surface area is 254 Å². The minimum absolute atomic E-state index is 0.0293. The van der Waals surface area contributed by atoms with Crippen molar-refractivity contribution in [2.75, 3.05) is 26.1 Å². The highest BCUT2D eigenvalue weighted by molar-refractivity contribution is 7.22. The molecule has 1 aromatic heterocycles. The number of hydrogen-bond donors (Lipinski definition) is 1. The minimum Gasteiger partial charge on any atom is -0.543 e. The van der Waals surface area contributed by atoms with Gasteiger partial charge in [-0.3, -0.25) is 9.69 Å². The lowest BCUT2D eigenvalue weighted by Gasteiger charge is -2.36. The van der Waals surface area contributed by atoms with Crippen molar-refractivity contribution < 1.29 is 24.5 Å². The van der Waals surface area contributed by atoms with Gasteiger partial charge in [0.2, 0.25) is 8.32 Å². The average Bonchev–Trinajstić information content (AvgIpc) is 3.35. The van der Waals surface area contributed by atoms with E-state index < -0.39 is 21.4 Å². The molecule has 0 saturated carbocycles. The molecule has 0 bridgehead atoms. The summed E-state index contributed by atoms with van der Waals surface area (Å²) in [5.74, 6) is 0.837. The number of piperidine rings is 1. The highest BCUT2D eigenvalue weighted by Gasteiger charge is 2.39. The number of benzene rings is 3. The second-order valence-electron chi connectivity index (χ2n) is 12.1. The molecule has 1 saturated heterocycles. The van der Waals surface area contributed by atoms with Gasteiger partial charge in [-0.05, 0) is 116 Å². The van der Waals surface area contributed by atoms with E-state index in [1.54, 1.807) is 36.4 Å². The summed E-state index contributed by atoms with van der Waals surface area (Å²) in [5, 5.41) is 10.7. The van der Waals surface area contributed by atoms with Crippen LogP contribution in [-0.2, 0) is 0 Å². The van der Waals surface area contributed by atoms with Crippen molar-refractivity contribution in [2.45, 2.75) is 58.2 Å². The highest BCUT2D eigenvalue weighted by atomic mass is 32.1. The van der Waals surface area contributed by atoms with Crippen LogP contribution < -0.4 is 9.16 Å². The first-order valence-corrected chi connectivity index (χ1v) is 17.9. The molecule has 1 N–H and O–H groups in total. The molecule has 1 aliphatic rings. The number of carbonyl (C=O) groups is 1. The minimum atomic E-state index is -2.60. The molecule has 41 heavy (non-hydrogen) atoms. The van der Waals surface area contributed by atoms with Gasteiger partial charge in [0.05, 0.1) is 2.74 Å². The fourth-order valence-electron chi connectivity index (χ4n) is 4.60. The van der Waals surface area contributed by atoms with Gasteiger partial charge in [-0.15, -0.1) is 11.3 Å². The third-order valence-corrected chi connectivity index (χ3v) is 13.6. The number of thiophene rings is 1. The zero-order valence-corrected chi connectivity index (χ0v) is 26.2. The lowest BCUT2D eigenvalue weighted by Crippen LogP contribution is -2.43. The molecule has 7 heteroatoms. The van der Waals surface area contributed by atoms with Gasteiger partial charge >= 0.3 is 0 Å². The third kappa shape index (κ3) is 6.69. The fraction of sp³-hybridized carbons (Fsp3) is 0.382. The van der Waals surface area contributed by atoms with Crippen molar-refractivity contribution in [3.05, 3.63) is 77.9 Å². The molecule has 5 rings (SSSR count). The first-order chi connectivity index (χ1) is 21.0. The van der Waals surface area contributed by atoms with Crippen LogP contribution in [0.3, 0.4) is 0 Å². The van der Waals surface area contributed by atoms with Gasteiger partial charge in [0, 0.05) is 35.3 Å². The topological polar surface area (TPSA) is 59.0 Å². The first-order valence-electron chi connectivity index (χ1n) is 16.1. The number of rotatable bonds is 9. The number of aromatic hydroxyl groups is 1. The molecule has 4 aromatic rings. The summed E-state index contributed by atoms with van der Waals surface area (Å²) >= 11 is 1.49. The molecule has 5 nitrogen and oxygen atoms in total. The Morgan fingerprint density at radius 2 is 1.63 bits per heavy atom. The van der Waals surface area contributed by atoms with Crippen molar-refractivity contribution in [2.24, 2.45) is 0 Å². The highest BCUT2D eigenvalue weighted by Crippen LogP contribution is 2.43. The van der Waals surface area contributed by atoms with E-state index >= 15 is 0 Å². The van der Waals surface area contributed by atoms with Crippen molar-refractivity contribution in [3.8, 4) is 27.7 Å². The smallest absolute Gasteiger partial charge is 0.250 e. The molecule has 1 aliphatic heterocycles. The van der Waals surface area contributed by atoms with Crippen LogP contribution in [0.1, 0.15) is 61.4 Å². The number of nitrogens with zero attached hydrogens (tertiary/aromatic N) is 1. The van der Waals surface area contributed by atoms with Crippen LogP contribution in [0.2, 0.25) is 18.1 Å². The van der Waals surface area contributed by atoms with Crippen LogP contribution in [0.4, 0.5) is 0 Å². The lowest BCUT2D eigenvalue weighted by molar-refractivity contribution is 0.104. The number of carbonyl (C=O) groups excluding carboxylic acids is 1. The molecule has 0 aliphatic carbocycles. The van der Waals surface area contributed by atoms with Gasteiger partial charge in [0.25, 0.3) is 0 Å². The quantitative estimate of drug-likeness (QED) is 0.156. The maximum atomic E-state index is 14.1. The number of likely N-dealkylation sites (tertiary alicyclic amines) is 1. The van der Waals surface area contributed by atoms with Crippen LogP contribution in [0.15, 0.2) is 66.7 Å². The Hall–Kier alpha value is -3.13. The molecule has 0 amide bonds. The zero-order valence-electron chi connectivity index (χ0n) is 28.4. The monoisotopic (exact) mass is 591 g/mol. The van der Waals surface area contributed by atoms with E-state index in [1.807, 2.05) is 18.2 Å². The van der Waals surface area contributed by atoms with E-state index in [2.05, 4.69) is 33.9 Å². The first kappa shape index (κ1) is 24.5. The molecule has 0 unspecified atom stereocenters. The Morgan fingerprint density at radius 1 is 0.976 bits per heavy atom. The normalized spacial score (nSPS) is 16.9. The Morgan fingerprint density at radius 3 is 2.29 bits per heavy atom. The van der Waals surface area contributed by atoms with Crippen LogP contribution in [-0.4, -0.2) is 50.3 Å². The number of hydrogen-bond acceptors (Lipinski definition) is 6. The summed E-state index contributed by atoms with van der Waals surface area (Å²) in [6.07, 6.45) is 2.65. The van der Waals surface area contributed by atoms with Crippen LogP contribution in [0, 0.1) is 0 Å². The summed E-state index contributed by atoms with van der Waals surface area (Å²) < 4.78 is 46.9. The molecule has 0 radical (unpaired) electrons. The number of phenols is 1. The average molecular weight is 592 g/mol. The number of ether oxygens (including phenoxy) is 1. The van der Waals surface area contributed by atoms with Gasteiger partial charge in [-0.1, -0.05) is 27.2 Å². The Bertz CT molecular complexity index is 1680. The molecule has 2 heterocycles. The van der Waals surface area contributed by atoms with Gasteiger partial charge in [-0.2, -0.15) is 0 Å². The Balaban J connectivity index is 1.47. The number of ketones is 1. The van der Waals surface area contributed by atoms with Gasteiger partial charge in [-0.25, -0.2) is 0 Å². The van der Waals surface area contributed by atoms with Crippen LogP contribution in [0.25, 0.3) is 20.5 Å². The summed E-state index contributed by atoms with van der Waals surface area (Å²) in [5.41, 5.74) is 1.73. The van der Waals surface area contributed by atoms with Crippen molar-refractivity contribution in [1.82, 2.24) is 4.90 Å². The van der Waals surface area contributed by atoms with Gasteiger partial charge < -0.3 is 14.3 Å². The Kier molecular flexibility index (Phi) is 7.16. The van der Waals surface area contributed by atoms with E-state index in [0.717, 1.165) is 45.5 Å². The van der Waals surface area contributed by atoms with Gasteiger partial charge in [0.15, 0.2) is 5.78 Å². The maximum absolute atomic E-state index is 14.1. The zero-order chi connectivity index (χ0) is 32.8. The molecular weight excluding hydrogens is 547 g/mol. The van der Waals surface area contributed by atoms with E-state index in [9.17, 15) is 9.90 Å². The number of fused-ring (bicyclic) bond motifs is 1. The third-order valence-electron chi connectivity index (χ3n) is 8.04. The maximum Gasteiger partial charge on any atom is 0.250 e. The number of phenolic OH excluding ortho intramolecular Hbond substituents is 1. The summed E-state index contributed by atoms with van der Waals surface area (Å²) in [4.78, 5) is 16.4. The van der Waals surface area contributed by atoms with E-state index in [1.165, 1.54) is 28.4 Å². The molecule has 216 valence electrons. The molecule has 1 fully saturated rings. The SMILES string of the molecule is [2H]C([2H])(Oc1ccc(C(=O)c2c(-c3ccc(O)cc3)sc3cc(O[Si](C)(C)C(C)(C)C)ccc23)cc1)C([2H])([2H])N1CCCCC1. The van der Waals surface area contributed by atoms with E-state index in [0.29, 0.717) is 24.2 Å². The van der Waals surface area contributed by atoms with Crippen molar-refractivity contribution in [1.29, 1.82) is 0 Å². The van der Waals surface area contributed by atoms with Crippen molar-refractivity contribution >= 4 is 35.5 Å². The molecular formula is C34H41NO4SSi. The summed E-state index contributed by atoms with van der Waals surface area (Å²) in [6.45, 7) is 7.01. The molecule has 0 atom stereocenters. The fourth-order valence-corrected chi connectivity index (χ4v) is 6.86. The second kappa shape index (κ2) is 12.0. The lowest BCUT2D eigenvalue weighted by atomic mass is 9.97. The molecule has 0 spiro atoms. The van der Waals surface area contributed by atoms with E-state index in [-0.39, 0.29) is 22.3 Å². The van der Waals surface area contributed by atoms with Gasteiger partial charge in [0.1, 0.15) is 23.8 Å². The summed E-state index contributed by atoms with van der Waals surface area (Å²) in [6, 6.07) is 18.8. The van der Waals surface area contributed by atoms with Crippen LogP contribution in [0.5, 0.6) is 17.2 Å². The van der Waals surface area contributed by atoms with Crippen molar-refractivity contribution in [3.63, 3.8) is 0 Å². The van der Waals surface area contributed by atoms with E-state index in [4.69, 9.17) is 14.6 Å². The second-order valence-corrected chi connectivity index (χ2v) is 17.9. The standard InChI is InChI=1S/C34H41NO4SSi/c1-34(2,3)41(4,5)39-28-17-18-29-30(23-28)40-33(25-9-13-26(36)14-10-25)31(29)32(37)24-11-15-27(16-12-24)38-22-21-35-19-7-6-8-20-35/h9-18,23,36H,6-8,19-22H2,1-5H3/i21D2,22D2. The predicted octanol–water partition coefficient (Wildman–Crippen LogP) is 8.75. The predicted molar refractivity (Wildman–Crippen MR) is 172 cm³/mol. The van der Waals surface area contributed by atoms with Crippen LogP contribution >= 0.6 is 11.3 Å².